The van der Waals surface area contributed by atoms with Crippen LogP contribution >= 0.6 is 0 Å². The highest BCUT2D eigenvalue weighted by atomic mass is 28.4. The summed E-state index contributed by atoms with van der Waals surface area (Å²) in [5.41, 5.74) is 0. The molecule has 1 heterocycles. The van der Waals surface area contributed by atoms with Crippen LogP contribution in [0.25, 0.3) is 0 Å². The maximum atomic E-state index is 11.4. The summed E-state index contributed by atoms with van der Waals surface area (Å²) < 4.78 is 13.5. The van der Waals surface area contributed by atoms with E-state index in [4.69, 9.17) is 8.85 Å². The van der Waals surface area contributed by atoms with Crippen LogP contribution in [-0.4, -0.2) is 27.1 Å². The summed E-state index contributed by atoms with van der Waals surface area (Å²) in [5, 5.41) is -0.112. The zero-order valence-corrected chi connectivity index (χ0v) is 17.2. The molecule has 4 heteroatoms. The van der Waals surface area contributed by atoms with Crippen LogP contribution in [-0.2, 0) is 13.6 Å². The highest BCUT2D eigenvalue weighted by Gasteiger charge is 2.63. The molecule has 1 saturated heterocycles. The van der Waals surface area contributed by atoms with Crippen molar-refractivity contribution in [1.82, 2.24) is 0 Å². The molecule has 0 spiro atoms. The zero-order chi connectivity index (χ0) is 17.5. The maximum absolute atomic E-state index is 11.4. The van der Waals surface area contributed by atoms with Crippen molar-refractivity contribution in [2.75, 3.05) is 0 Å². The summed E-state index contributed by atoms with van der Waals surface area (Å²) in [5.74, 6) is 0.541. The van der Waals surface area contributed by atoms with Gasteiger partial charge in [-0.2, -0.15) is 0 Å². The van der Waals surface area contributed by atoms with Crippen LogP contribution in [0, 0.1) is 17.8 Å². The van der Waals surface area contributed by atoms with Crippen LogP contribution < -0.4 is 0 Å². The first kappa shape index (κ1) is 19.9. The van der Waals surface area contributed by atoms with Crippen molar-refractivity contribution in [2.45, 2.75) is 91.5 Å². The minimum Gasteiger partial charge on any atom is -0.390 e. The van der Waals surface area contributed by atoms with Crippen molar-refractivity contribution in [3.05, 3.63) is 0 Å². The van der Waals surface area contributed by atoms with E-state index in [-0.39, 0.29) is 34.1 Å². The third-order valence-electron chi connectivity index (χ3n) is 5.01. The van der Waals surface area contributed by atoms with Gasteiger partial charge in [-0.1, -0.05) is 69.2 Å². The Labute approximate surface area is 138 Å². The van der Waals surface area contributed by atoms with E-state index in [1.54, 1.807) is 0 Å². The molecule has 1 aliphatic heterocycles. The lowest BCUT2D eigenvalue weighted by Crippen LogP contribution is -2.67. The highest BCUT2D eigenvalue weighted by molar-refractivity contribution is 6.73. The van der Waals surface area contributed by atoms with Gasteiger partial charge in [-0.25, -0.2) is 0 Å². The fourth-order valence-electron chi connectivity index (χ4n) is 4.05. The number of hydrogen-bond acceptors (Lipinski definition) is 3. The molecule has 0 N–H and O–H groups in total. The summed E-state index contributed by atoms with van der Waals surface area (Å²) in [6, 6.07) is 0. The van der Waals surface area contributed by atoms with Gasteiger partial charge >= 0.3 is 8.56 Å². The number of aldehydes is 1. The van der Waals surface area contributed by atoms with Crippen LogP contribution in [0.5, 0.6) is 0 Å². The smallest absolute Gasteiger partial charge is 0.349 e. The zero-order valence-electron chi connectivity index (χ0n) is 16.2. The molecule has 22 heavy (non-hydrogen) atoms. The average Bonchev–Trinajstić information content (AvgIpc) is 2.34. The number of hydrogen-bond donors (Lipinski definition) is 0. The second-order valence-electron chi connectivity index (χ2n) is 9.38. The average molecular weight is 329 g/mol. The van der Waals surface area contributed by atoms with Crippen LogP contribution in [0.4, 0.5) is 0 Å². The molecule has 0 unspecified atom stereocenters. The van der Waals surface area contributed by atoms with E-state index in [0.717, 1.165) is 6.29 Å². The fourth-order valence-corrected chi connectivity index (χ4v) is 9.45. The van der Waals surface area contributed by atoms with E-state index in [2.05, 4.69) is 62.3 Å². The van der Waals surface area contributed by atoms with Gasteiger partial charge in [0, 0.05) is 21.9 Å². The summed E-state index contributed by atoms with van der Waals surface area (Å²) in [6.07, 6.45) is 1.13. The van der Waals surface area contributed by atoms with E-state index in [9.17, 15) is 4.79 Å². The first-order valence-electron chi connectivity index (χ1n) is 8.59. The van der Waals surface area contributed by atoms with Gasteiger partial charge in [0.15, 0.2) is 0 Å². The predicted molar refractivity (Wildman–Crippen MR) is 94.2 cm³/mol. The molecule has 4 atom stereocenters. The lowest BCUT2D eigenvalue weighted by atomic mass is 9.85. The standard InChI is InChI=1S/C18H36O3Si/c1-12(2)15-14(4)16(13(3)11-19)21-22(20-15,17(5,6)7)18(8,9)10/h11-16H,1-10H3/t13-,14-,15+,16-/m0/s1. The number of carbonyl (C=O) groups excluding carboxylic acids is 1. The Morgan fingerprint density at radius 1 is 0.909 bits per heavy atom. The molecule has 3 nitrogen and oxygen atoms in total. The van der Waals surface area contributed by atoms with E-state index >= 15 is 0 Å². The maximum Gasteiger partial charge on any atom is 0.349 e. The van der Waals surface area contributed by atoms with Gasteiger partial charge in [0.1, 0.15) is 6.29 Å². The van der Waals surface area contributed by atoms with Crippen molar-refractivity contribution in [3.8, 4) is 0 Å². The van der Waals surface area contributed by atoms with Crippen LogP contribution in [0.3, 0.4) is 0 Å². The first-order chi connectivity index (χ1) is 9.78. The van der Waals surface area contributed by atoms with Crippen molar-refractivity contribution >= 4 is 14.8 Å². The molecule has 0 aromatic rings. The highest BCUT2D eigenvalue weighted by Crippen LogP contribution is 2.56. The van der Waals surface area contributed by atoms with E-state index in [0.29, 0.717) is 5.92 Å². The lowest BCUT2D eigenvalue weighted by Gasteiger charge is -2.58. The summed E-state index contributed by atoms with van der Waals surface area (Å²) in [6.45, 7) is 21.9. The molecule has 1 rings (SSSR count). The summed E-state index contributed by atoms with van der Waals surface area (Å²) in [7, 11) is -2.55. The second-order valence-corrected chi connectivity index (χ2v) is 14.1. The Balaban J connectivity index is 3.42. The Morgan fingerprint density at radius 2 is 1.32 bits per heavy atom. The number of carbonyl (C=O) groups is 1. The number of rotatable bonds is 3. The third-order valence-corrected chi connectivity index (χ3v) is 10.2. The Morgan fingerprint density at radius 3 is 1.64 bits per heavy atom. The van der Waals surface area contributed by atoms with E-state index in [1.165, 1.54) is 0 Å². The van der Waals surface area contributed by atoms with Crippen molar-refractivity contribution in [1.29, 1.82) is 0 Å². The van der Waals surface area contributed by atoms with Crippen molar-refractivity contribution < 1.29 is 13.6 Å². The van der Waals surface area contributed by atoms with Crippen LogP contribution in [0.2, 0.25) is 10.1 Å². The normalized spacial score (nSPS) is 31.1. The summed E-state index contributed by atoms with van der Waals surface area (Å²) >= 11 is 0. The largest absolute Gasteiger partial charge is 0.390 e. The molecule has 0 saturated carbocycles. The molecule has 130 valence electrons. The molecular formula is C18H36O3Si. The molecule has 0 aromatic heterocycles. The molecule has 0 bridgehead atoms. The van der Waals surface area contributed by atoms with Crippen LogP contribution in [0.15, 0.2) is 0 Å². The van der Waals surface area contributed by atoms with Gasteiger partial charge in [0.25, 0.3) is 0 Å². The molecule has 1 fully saturated rings. The topological polar surface area (TPSA) is 35.5 Å². The van der Waals surface area contributed by atoms with Crippen molar-refractivity contribution in [2.24, 2.45) is 17.8 Å². The molecule has 0 amide bonds. The first-order valence-corrected chi connectivity index (χ1v) is 10.4. The Bertz CT molecular complexity index is 378. The molecule has 0 radical (unpaired) electrons. The van der Waals surface area contributed by atoms with Gasteiger partial charge in [0.2, 0.25) is 0 Å². The monoisotopic (exact) mass is 328 g/mol. The molecular weight excluding hydrogens is 292 g/mol. The SMILES string of the molecule is CC(C)[C@H]1O[Si](C(C)(C)C)(C(C)(C)C)O[C@@H]([C@@H](C)C=O)[C@H]1C. The van der Waals surface area contributed by atoms with Gasteiger partial charge < -0.3 is 13.6 Å². The predicted octanol–water partition coefficient (Wildman–Crippen LogP) is 4.94. The molecule has 0 aromatic carbocycles. The molecule has 1 aliphatic rings. The van der Waals surface area contributed by atoms with E-state index < -0.39 is 8.56 Å². The Hall–Kier alpha value is -0.193. The van der Waals surface area contributed by atoms with Gasteiger partial charge in [0.05, 0.1) is 12.2 Å². The van der Waals surface area contributed by atoms with Crippen LogP contribution in [0.1, 0.15) is 69.2 Å². The third kappa shape index (κ3) is 3.34. The quantitative estimate of drug-likeness (QED) is 0.544. The van der Waals surface area contributed by atoms with Gasteiger partial charge in [-0.15, -0.1) is 0 Å². The minimum atomic E-state index is -2.55. The lowest BCUT2D eigenvalue weighted by molar-refractivity contribution is -0.125. The minimum absolute atomic E-state index is 0.0521. The van der Waals surface area contributed by atoms with E-state index in [1.807, 2.05) is 6.92 Å². The fraction of sp³-hybridized carbons (Fsp3) is 0.944. The molecule has 0 aliphatic carbocycles. The van der Waals surface area contributed by atoms with Gasteiger partial charge in [-0.3, -0.25) is 0 Å². The Kier molecular flexibility index (Phi) is 5.75. The summed E-state index contributed by atoms with van der Waals surface area (Å²) in [4.78, 5) is 11.4. The second kappa shape index (κ2) is 6.37. The van der Waals surface area contributed by atoms with Crippen molar-refractivity contribution in [3.63, 3.8) is 0 Å². The van der Waals surface area contributed by atoms with Gasteiger partial charge in [-0.05, 0) is 5.92 Å².